The summed E-state index contributed by atoms with van der Waals surface area (Å²) in [6, 6.07) is 0. The first-order chi connectivity index (χ1) is 12.8. The average molecular weight is 353 g/mol. The zero-order valence-corrected chi connectivity index (χ0v) is 15.4. The Morgan fingerprint density at radius 1 is 1.15 bits per heavy atom. The van der Waals surface area contributed by atoms with Crippen LogP contribution in [0, 0.1) is 0 Å². The van der Waals surface area contributed by atoms with Crippen molar-refractivity contribution in [3.63, 3.8) is 0 Å². The molecular weight excluding hydrogens is 326 g/mol. The molecule has 26 heavy (non-hydrogen) atoms. The number of hydrogen-bond acceptors (Lipinski definition) is 4. The van der Waals surface area contributed by atoms with Crippen molar-refractivity contribution in [2.45, 2.75) is 44.4 Å². The molecule has 3 aromatic rings. The number of ether oxygens (including phenoxy) is 1. The SMILES string of the molecule is CCN1CCC(c2cn3c(cnc4[nH]cc(C5CCOCC5)c43)n2)CC1. The summed E-state index contributed by atoms with van der Waals surface area (Å²) in [5.74, 6) is 1.11. The van der Waals surface area contributed by atoms with Gasteiger partial charge in [-0.15, -0.1) is 0 Å². The number of nitrogens with zero attached hydrogens (tertiary/aromatic N) is 4. The molecule has 5 rings (SSSR count). The zero-order chi connectivity index (χ0) is 17.5. The lowest BCUT2D eigenvalue weighted by Gasteiger charge is -2.30. The van der Waals surface area contributed by atoms with E-state index in [0.717, 1.165) is 43.9 Å². The van der Waals surface area contributed by atoms with Gasteiger partial charge in [0.15, 0.2) is 11.3 Å². The molecule has 6 nitrogen and oxygen atoms in total. The van der Waals surface area contributed by atoms with Crippen molar-refractivity contribution >= 4 is 16.8 Å². The second kappa shape index (κ2) is 6.67. The van der Waals surface area contributed by atoms with Crippen LogP contribution < -0.4 is 0 Å². The number of piperidine rings is 1. The highest BCUT2D eigenvalue weighted by Crippen LogP contribution is 2.33. The molecule has 0 unspecified atom stereocenters. The summed E-state index contributed by atoms with van der Waals surface area (Å²) in [6.07, 6.45) is 10.9. The van der Waals surface area contributed by atoms with Gasteiger partial charge >= 0.3 is 0 Å². The number of imidazole rings is 1. The first kappa shape index (κ1) is 16.3. The summed E-state index contributed by atoms with van der Waals surface area (Å²) >= 11 is 0. The van der Waals surface area contributed by atoms with Crippen LogP contribution in [0.2, 0.25) is 0 Å². The maximum absolute atomic E-state index is 5.55. The standard InChI is InChI=1S/C20H27N5O/c1-2-24-7-3-15(4-8-24)17-13-25-18(23-17)12-22-20-19(25)16(11-21-20)14-5-9-26-10-6-14/h11-15,21H,2-10H2,1H3. The van der Waals surface area contributed by atoms with Crippen LogP contribution in [-0.4, -0.2) is 57.1 Å². The molecule has 3 aromatic heterocycles. The van der Waals surface area contributed by atoms with E-state index in [9.17, 15) is 0 Å². The Labute approximate surface area is 153 Å². The van der Waals surface area contributed by atoms with Crippen molar-refractivity contribution in [1.82, 2.24) is 24.3 Å². The Kier molecular flexibility index (Phi) is 4.17. The Morgan fingerprint density at radius 3 is 2.73 bits per heavy atom. The Hall–Kier alpha value is -1.92. The molecule has 2 saturated heterocycles. The van der Waals surface area contributed by atoms with Gasteiger partial charge in [0.25, 0.3) is 0 Å². The Balaban J connectivity index is 1.53. The van der Waals surface area contributed by atoms with Crippen LogP contribution in [0.15, 0.2) is 18.6 Å². The van der Waals surface area contributed by atoms with Gasteiger partial charge in [0, 0.05) is 31.5 Å². The number of likely N-dealkylation sites (tertiary alicyclic amines) is 1. The van der Waals surface area contributed by atoms with Crippen molar-refractivity contribution in [3.05, 3.63) is 29.8 Å². The van der Waals surface area contributed by atoms with Crippen LogP contribution >= 0.6 is 0 Å². The Bertz CT molecular complexity index is 900. The normalized spacial score (nSPS) is 21.1. The van der Waals surface area contributed by atoms with E-state index >= 15 is 0 Å². The van der Waals surface area contributed by atoms with E-state index in [-0.39, 0.29) is 0 Å². The molecular formula is C20H27N5O. The van der Waals surface area contributed by atoms with Gasteiger partial charge in [-0.3, -0.25) is 4.40 Å². The van der Waals surface area contributed by atoms with Crippen molar-refractivity contribution in [2.24, 2.45) is 0 Å². The number of fused-ring (bicyclic) bond motifs is 3. The second-order valence-corrected chi connectivity index (χ2v) is 7.69. The molecule has 2 aliphatic heterocycles. The predicted molar refractivity (Wildman–Crippen MR) is 102 cm³/mol. The van der Waals surface area contributed by atoms with Crippen molar-refractivity contribution in [2.75, 3.05) is 32.8 Å². The molecule has 1 N–H and O–H groups in total. The molecule has 2 aliphatic rings. The molecule has 0 spiro atoms. The van der Waals surface area contributed by atoms with Gasteiger partial charge in [0.1, 0.15) is 0 Å². The van der Waals surface area contributed by atoms with E-state index in [2.05, 4.69) is 38.6 Å². The van der Waals surface area contributed by atoms with Crippen LogP contribution in [0.3, 0.4) is 0 Å². The monoisotopic (exact) mass is 353 g/mol. The van der Waals surface area contributed by atoms with E-state index in [0.29, 0.717) is 11.8 Å². The van der Waals surface area contributed by atoms with Crippen LogP contribution in [0.5, 0.6) is 0 Å². The van der Waals surface area contributed by atoms with Crippen LogP contribution in [0.1, 0.15) is 55.7 Å². The lowest BCUT2D eigenvalue weighted by Crippen LogP contribution is -2.32. The average Bonchev–Trinajstić information content (AvgIpc) is 3.32. The van der Waals surface area contributed by atoms with Gasteiger partial charge in [0.2, 0.25) is 0 Å². The Morgan fingerprint density at radius 2 is 1.96 bits per heavy atom. The minimum atomic E-state index is 0.545. The fourth-order valence-electron chi connectivity index (χ4n) is 4.64. The van der Waals surface area contributed by atoms with Crippen molar-refractivity contribution < 1.29 is 4.74 Å². The zero-order valence-electron chi connectivity index (χ0n) is 15.4. The molecule has 5 heterocycles. The van der Waals surface area contributed by atoms with Gasteiger partial charge in [-0.05, 0) is 56.8 Å². The summed E-state index contributed by atoms with van der Waals surface area (Å²) in [7, 11) is 0. The highest BCUT2D eigenvalue weighted by Gasteiger charge is 2.24. The second-order valence-electron chi connectivity index (χ2n) is 7.69. The van der Waals surface area contributed by atoms with Gasteiger partial charge in [-0.2, -0.15) is 0 Å². The summed E-state index contributed by atoms with van der Waals surface area (Å²) in [5, 5.41) is 0. The van der Waals surface area contributed by atoms with Crippen LogP contribution in [-0.2, 0) is 4.74 Å². The van der Waals surface area contributed by atoms with Crippen molar-refractivity contribution in [1.29, 1.82) is 0 Å². The minimum Gasteiger partial charge on any atom is -0.381 e. The van der Waals surface area contributed by atoms with Gasteiger partial charge in [0.05, 0.1) is 17.4 Å². The van der Waals surface area contributed by atoms with Crippen molar-refractivity contribution in [3.8, 4) is 0 Å². The summed E-state index contributed by atoms with van der Waals surface area (Å²) < 4.78 is 7.82. The van der Waals surface area contributed by atoms with Gasteiger partial charge in [-0.1, -0.05) is 6.92 Å². The fourth-order valence-corrected chi connectivity index (χ4v) is 4.64. The first-order valence-corrected chi connectivity index (χ1v) is 9.98. The molecule has 0 atom stereocenters. The molecule has 0 radical (unpaired) electrons. The molecule has 0 bridgehead atoms. The summed E-state index contributed by atoms with van der Waals surface area (Å²) in [4.78, 5) is 15.5. The molecule has 0 amide bonds. The van der Waals surface area contributed by atoms with E-state index in [1.165, 1.54) is 42.7 Å². The molecule has 138 valence electrons. The minimum absolute atomic E-state index is 0.545. The van der Waals surface area contributed by atoms with E-state index in [1.807, 2.05) is 6.20 Å². The lowest BCUT2D eigenvalue weighted by atomic mass is 9.93. The van der Waals surface area contributed by atoms with E-state index < -0.39 is 0 Å². The number of hydrogen-bond donors (Lipinski definition) is 1. The highest BCUT2D eigenvalue weighted by molar-refractivity contribution is 5.79. The third kappa shape index (κ3) is 2.72. The van der Waals surface area contributed by atoms with E-state index in [4.69, 9.17) is 9.72 Å². The molecule has 0 saturated carbocycles. The largest absolute Gasteiger partial charge is 0.381 e. The highest BCUT2D eigenvalue weighted by atomic mass is 16.5. The number of H-pyrrole nitrogens is 1. The van der Waals surface area contributed by atoms with E-state index in [1.54, 1.807) is 0 Å². The smallest absolute Gasteiger partial charge is 0.156 e. The van der Waals surface area contributed by atoms with Gasteiger partial charge < -0.3 is 14.6 Å². The molecule has 2 fully saturated rings. The maximum atomic E-state index is 5.55. The molecule has 0 aliphatic carbocycles. The number of nitrogens with one attached hydrogen (secondary N) is 1. The lowest BCUT2D eigenvalue weighted by molar-refractivity contribution is 0.0856. The topological polar surface area (TPSA) is 58.5 Å². The number of aromatic nitrogens is 4. The predicted octanol–water partition coefficient (Wildman–Crippen LogP) is 3.30. The quantitative estimate of drug-likeness (QED) is 0.785. The third-order valence-corrected chi connectivity index (χ3v) is 6.28. The fraction of sp³-hybridized carbons (Fsp3) is 0.600. The summed E-state index contributed by atoms with van der Waals surface area (Å²) in [6.45, 7) is 7.47. The van der Waals surface area contributed by atoms with Crippen LogP contribution in [0.4, 0.5) is 0 Å². The van der Waals surface area contributed by atoms with Gasteiger partial charge in [-0.25, -0.2) is 9.97 Å². The first-order valence-electron chi connectivity index (χ1n) is 9.98. The van der Waals surface area contributed by atoms with Crippen LogP contribution in [0.25, 0.3) is 16.8 Å². The number of aromatic amines is 1. The maximum Gasteiger partial charge on any atom is 0.156 e. The molecule has 6 heteroatoms. The number of rotatable bonds is 3. The third-order valence-electron chi connectivity index (χ3n) is 6.28. The molecule has 0 aromatic carbocycles. The summed E-state index contributed by atoms with van der Waals surface area (Å²) in [5.41, 5.74) is 5.74.